The predicted molar refractivity (Wildman–Crippen MR) is 65.7 cm³/mol. The number of nitrogens with one attached hydrogen (secondary N) is 1. The monoisotopic (exact) mass is 217 g/mol. The average Bonchev–Trinajstić information content (AvgIpc) is 2.97. The molecule has 1 aliphatic carbocycles. The third-order valence-corrected chi connectivity index (χ3v) is 3.56. The molecule has 1 N–H and O–H groups in total. The zero-order chi connectivity index (χ0) is 11.0. The van der Waals surface area contributed by atoms with E-state index in [1.807, 2.05) is 12.3 Å². The fraction of sp³-hybridized carbons (Fsp3) is 0.615. The van der Waals surface area contributed by atoms with E-state index in [-0.39, 0.29) is 0 Å². The van der Waals surface area contributed by atoms with Crippen LogP contribution >= 0.6 is 0 Å². The number of aryl methyl sites for hydroxylation is 1. The highest BCUT2D eigenvalue weighted by atomic mass is 15.2. The van der Waals surface area contributed by atoms with E-state index in [4.69, 9.17) is 0 Å². The number of hydrogen-bond acceptors (Lipinski definition) is 3. The van der Waals surface area contributed by atoms with Crippen LogP contribution < -0.4 is 10.2 Å². The maximum Gasteiger partial charge on any atom is 0.0605 e. The largest absolute Gasteiger partial charge is 0.368 e. The van der Waals surface area contributed by atoms with Crippen molar-refractivity contribution in [3.05, 3.63) is 24.0 Å². The Balaban J connectivity index is 1.66. The Bertz CT molecular complexity index is 373. The predicted octanol–water partition coefficient (Wildman–Crippen LogP) is 1.72. The van der Waals surface area contributed by atoms with Gasteiger partial charge in [0.05, 0.1) is 11.4 Å². The van der Waals surface area contributed by atoms with Gasteiger partial charge >= 0.3 is 0 Å². The maximum absolute atomic E-state index is 4.36. The Morgan fingerprint density at radius 3 is 2.94 bits per heavy atom. The van der Waals surface area contributed by atoms with Crippen LogP contribution in [0.25, 0.3) is 0 Å². The van der Waals surface area contributed by atoms with Crippen molar-refractivity contribution < 1.29 is 0 Å². The van der Waals surface area contributed by atoms with Crippen molar-refractivity contribution in [1.29, 1.82) is 0 Å². The zero-order valence-electron chi connectivity index (χ0n) is 9.82. The van der Waals surface area contributed by atoms with Crippen molar-refractivity contribution in [3.63, 3.8) is 0 Å². The van der Waals surface area contributed by atoms with Gasteiger partial charge in [0.2, 0.25) is 0 Å². The summed E-state index contributed by atoms with van der Waals surface area (Å²) >= 11 is 0. The molecule has 2 aliphatic rings. The van der Waals surface area contributed by atoms with E-state index in [1.165, 1.54) is 24.9 Å². The van der Waals surface area contributed by atoms with Crippen LogP contribution in [0.15, 0.2) is 18.3 Å². The molecular formula is C13H19N3. The van der Waals surface area contributed by atoms with E-state index < -0.39 is 0 Å². The summed E-state index contributed by atoms with van der Waals surface area (Å²) in [6.45, 7) is 4.40. The van der Waals surface area contributed by atoms with Crippen molar-refractivity contribution in [1.82, 2.24) is 10.3 Å². The molecule has 1 unspecified atom stereocenters. The Morgan fingerprint density at radius 1 is 1.31 bits per heavy atom. The summed E-state index contributed by atoms with van der Waals surface area (Å²) in [5.74, 6) is 0. The SMILES string of the molecule is Cc1ncccc1N1CCC(NC2CC2)C1. The van der Waals surface area contributed by atoms with E-state index in [9.17, 15) is 0 Å². The zero-order valence-corrected chi connectivity index (χ0v) is 9.82. The molecule has 1 atom stereocenters. The molecule has 1 aliphatic heterocycles. The number of pyridine rings is 1. The molecule has 0 radical (unpaired) electrons. The normalized spacial score (nSPS) is 25.1. The van der Waals surface area contributed by atoms with Crippen LogP contribution in [0, 0.1) is 6.92 Å². The minimum absolute atomic E-state index is 0.687. The molecule has 3 nitrogen and oxygen atoms in total. The molecule has 3 rings (SSSR count). The average molecular weight is 217 g/mol. The van der Waals surface area contributed by atoms with Crippen LogP contribution in [-0.2, 0) is 0 Å². The maximum atomic E-state index is 4.36. The van der Waals surface area contributed by atoms with Crippen LogP contribution in [0.3, 0.4) is 0 Å². The van der Waals surface area contributed by atoms with Gasteiger partial charge in [0.1, 0.15) is 0 Å². The van der Waals surface area contributed by atoms with Gasteiger partial charge in [-0.1, -0.05) is 0 Å². The van der Waals surface area contributed by atoms with Gasteiger partial charge in [0, 0.05) is 31.4 Å². The van der Waals surface area contributed by atoms with Crippen molar-refractivity contribution in [2.24, 2.45) is 0 Å². The summed E-state index contributed by atoms with van der Waals surface area (Å²) in [4.78, 5) is 6.82. The number of nitrogens with zero attached hydrogens (tertiary/aromatic N) is 2. The van der Waals surface area contributed by atoms with Gasteiger partial charge in [-0.05, 0) is 38.3 Å². The van der Waals surface area contributed by atoms with Crippen LogP contribution in [-0.4, -0.2) is 30.2 Å². The molecule has 0 spiro atoms. The molecule has 0 bridgehead atoms. The van der Waals surface area contributed by atoms with Crippen molar-refractivity contribution in [2.75, 3.05) is 18.0 Å². The second-order valence-corrected chi connectivity index (χ2v) is 4.98. The number of aromatic nitrogens is 1. The number of anilines is 1. The van der Waals surface area contributed by atoms with Gasteiger partial charge in [0.25, 0.3) is 0 Å². The van der Waals surface area contributed by atoms with E-state index in [0.29, 0.717) is 6.04 Å². The molecule has 2 heterocycles. The summed E-state index contributed by atoms with van der Waals surface area (Å²) in [7, 11) is 0. The summed E-state index contributed by atoms with van der Waals surface area (Å²) in [5.41, 5.74) is 2.46. The molecule has 3 heteroatoms. The highest BCUT2D eigenvalue weighted by molar-refractivity contribution is 5.50. The first-order valence-electron chi connectivity index (χ1n) is 6.25. The highest BCUT2D eigenvalue weighted by Gasteiger charge is 2.29. The second-order valence-electron chi connectivity index (χ2n) is 4.98. The van der Waals surface area contributed by atoms with Gasteiger partial charge < -0.3 is 10.2 Å². The van der Waals surface area contributed by atoms with E-state index in [1.54, 1.807) is 0 Å². The van der Waals surface area contributed by atoms with Gasteiger partial charge in [-0.25, -0.2) is 0 Å². The topological polar surface area (TPSA) is 28.2 Å². The molecule has 1 aromatic heterocycles. The molecule has 86 valence electrons. The Morgan fingerprint density at radius 2 is 2.19 bits per heavy atom. The van der Waals surface area contributed by atoms with E-state index in [2.05, 4.69) is 28.2 Å². The fourth-order valence-corrected chi connectivity index (χ4v) is 2.51. The lowest BCUT2D eigenvalue weighted by Gasteiger charge is -2.20. The molecule has 1 aromatic rings. The van der Waals surface area contributed by atoms with Crippen LogP contribution in [0.5, 0.6) is 0 Å². The number of rotatable bonds is 3. The van der Waals surface area contributed by atoms with E-state index >= 15 is 0 Å². The molecule has 2 fully saturated rings. The first kappa shape index (κ1) is 10.1. The lowest BCUT2D eigenvalue weighted by molar-refractivity contribution is 0.548. The van der Waals surface area contributed by atoms with E-state index in [0.717, 1.165) is 24.8 Å². The summed E-state index contributed by atoms with van der Waals surface area (Å²) in [6, 6.07) is 5.72. The summed E-state index contributed by atoms with van der Waals surface area (Å²) in [6.07, 6.45) is 5.89. The smallest absolute Gasteiger partial charge is 0.0605 e. The third-order valence-electron chi connectivity index (χ3n) is 3.56. The van der Waals surface area contributed by atoms with Crippen LogP contribution in [0.4, 0.5) is 5.69 Å². The Kier molecular flexibility index (Phi) is 2.56. The van der Waals surface area contributed by atoms with Crippen molar-refractivity contribution in [2.45, 2.75) is 38.3 Å². The van der Waals surface area contributed by atoms with Gasteiger partial charge in [0.15, 0.2) is 0 Å². The van der Waals surface area contributed by atoms with Crippen molar-refractivity contribution in [3.8, 4) is 0 Å². The third kappa shape index (κ3) is 2.05. The summed E-state index contributed by atoms with van der Waals surface area (Å²) in [5, 5.41) is 3.71. The van der Waals surface area contributed by atoms with Gasteiger partial charge in [-0.3, -0.25) is 4.98 Å². The minimum Gasteiger partial charge on any atom is -0.368 e. The lowest BCUT2D eigenvalue weighted by atomic mass is 10.2. The Hall–Kier alpha value is -1.09. The molecule has 16 heavy (non-hydrogen) atoms. The van der Waals surface area contributed by atoms with Gasteiger partial charge in [-0.2, -0.15) is 0 Å². The molecule has 0 amide bonds. The second kappa shape index (κ2) is 4.06. The molecule has 0 aromatic carbocycles. The highest BCUT2D eigenvalue weighted by Crippen LogP contribution is 2.25. The molecule has 1 saturated carbocycles. The minimum atomic E-state index is 0.687. The first-order chi connectivity index (χ1) is 7.83. The fourth-order valence-electron chi connectivity index (χ4n) is 2.51. The quantitative estimate of drug-likeness (QED) is 0.835. The summed E-state index contributed by atoms with van der Waals surface area (Å²) < 4.78 is 0. The lowest BCUT2D eigenvalue weighted by Crippen LogP contribution is -2.34. The molecule has 1 saturated heterocycles. The standard InChI is InChI=1S/C13H19N3/c1-10-13(3-2-7-14-10)16-8-6-12(9-16)15-11-4-5-11/h2-3,7,11-12,15H,4-6,8-9H2,1H3. The molecular weight excluding hydrogens is 198 g/mol. The van der Waals surface area contributed by atoms with Crippen LogP contribution in [0.2, 0.25) is 0 Å². The Labute approximate surface area is 96.9 Å². The number of hydrogen-bond donors (Lipinski definition) is 1. The van der Waals surface area contributed by atoms with Crippen LogP contribution in [0.1, 0.15) is 25.0 Å². The first-order valence-corrected chi connectivity index (χ1v) is 6.25. The van der Waals surface area contributed by atoms with Crippen molar-refractivity contribution >= 4 is 5.69 Å². The van der Waals surface area contributed by atoms with Gasteiger partial charge in [-0.15, -0.1) is 0 Å².